The van der Waals surface area contributed by atoms with Gasteiger partial charge >= 0.3 is 0 Å². The first-order valence-electron chi connectivity index (χ1n) is 9.30. The molecule has 1 heterocycles. The normalized spacial score (nSPS) is 17.6. The van der Waals surface area contributed by atoms with Crippen LogP contribution in [-0.2, 0) is 4.79 Å². The van der Waals surface area contributed by atoms with Crippen molar-refractivity contribution < 1.29 is 9.90 Å². The van der Waals surface area contributed by atoms with E-state index in [1.807, 2.05) is 6.92 Å². The molecule has 7 nitrogen and oxygen atoms in total. The Morgan fingerprint density at radius 2 is 1.96 bits per heavy atom. The highest BCUT2D eigenvalue weighted by Crippen LogP contribution is 2.39. The number of aliphatic hydroxyl groups is 1. The number of aliphatic hydroxyl groups excluding tert-OH is 1. The Labute approximate surface area is 155 Å². The maximum absolute atomic E-state index is 12.7. The zero-order valence-electron chi connectivity index (χ0n) is 16.0. The van der Waals surface area contributed by atoms with Gasteiger partial charge in [-0.25, -0.2) is 0 Å². The number of pyridine rings is 1. The summed E-state index contributed by atoms with van der Waals surface area (Å²) >= 11 is 0. The van der Waals surface area contributed by atoms with Crippen LogP contribution in [0, 0.1) is 5.41 Å². The van der Waals surface area contributed by atoms with E-state index in [2.05, 4.69) is 20.6 Å². The van der Waals surface area contributed by atoms with Crippen molar-refractivity contribution in [3.63, 3.8) is 0 Å². The maximum atomic E-state index is 12.7. The Balaban J connectivity index is 2.02. The SMILES string of the molecule is CCNC(=NCC1(C(=O)N(C)C)CCCC1)NCC(O)c1ccncc1. The van der Waals surface area contributed by atoms with Crippen LogP contribution in [0.15, 0.2) is 29.5 Å². The summed E-state index contributed by atoms with van der Waals surface area (Å²) in [7, 11) is 3.61. The quantitative estimate of drug-likeness (QED) is 0.503. The highest BCUT2D eigenvalue weighted by Gasteiger charge is 2.42. The van der Waals surface area contributed by atoms with Crippen molar-refractivity contribution in [3.8, 4) is 0 Å². The zero-order chi connectivity index (χ0) is 19.0. The van der Waals surface area contributed by atoms with Crippen LogP contribution in [0.25, 0.3) is 0 Å². The molecule has 1 fully saturated rings. The lowest BCUT2D eigenvalue weighted by atomic mass is 9.85. The van der Waals surface area contributed by atoms with Crippen LogP contribution in [0.4, 0.5) is 0 Å². The molecule has 1 unspecified atom stereocenters. The van der Waals surface area contributed by atoms with Crippen molar-refractivity contribution in [2.24, 2.45) is 10.4 Å². The largest absolute Gasteiger partial charge is 0.387 e. The molecular weight excluding hydrogens is 330 g/mol. The van der Waals surface area contributed by atoms with E-state index in [1.54, 1.807) is 43.5 Å². The average Bonchev–Trinajstić information content (AvgIpc) is 3.13. The van der Waals surface area contributed by atoms with Gasteiger partial charge in [0, 0.05) is 39.6 Å². The van der Waals surface area contributed by atoms with Crippen LogP contribution in [0.2, 0.25) is 0 Å². The summed E-state index contributed by atoms with van der Waals surface area (Å²) in [5.74, 6) is 0.782. The minimum atomic E-state index is -0.647. The highest BCUT2D eigenvalue weighted by atomic mass is 16.3. The summed E-state index contributed by atoms with van der Waals surface area (Å²) in [6.45, 7) is 3.51. The molecule has 26 heavy (non-hydrogen) atoms. The molecule has 0 bridgehead atoms. The van der Waals surface area contributed by atoms with E-state index in [4.69, 9.17) is 0 Å². The molecule has 7 heteroatoms. The number of nitrogens with zero attached hydrogens (tertiary/aromatic N) is 3. The molecular formula is C19H31N5O2. The zero-order valence-corrected chi connectivity index (χ0v) is 16.0. The number of hydrogen-bond donors (Lipinski definition) is 3. The molecule has 1 aromatic heterocycles. The van der Waals surface area contributed by atoms with Crippen molar-refractivity contribution in [2.75, 3.05) is 33.7 Å². The van der Waals surface area contributed by atoms with Gasteiger partial charge in [0.05, 0.1) is 18.1 Å². The minimum absolute atomic E-state index is 0.159. The van der Waals surface area contributed by atoms with E-state index in [9.17, 15) is 9.90 Å². The Kier molecular flexibility index (Phi) is 7.38. The fourth-order valence-corrected chi connectivity index (χ4v) is 3.43. The van der Waals surface area contributed by atoms with Crippen molar-refractivity contribution >= 4 is 11.9 Å². The van der Waals surface area contributed by atoms with Gasteiger partial charge in [0.2, 0.25) is 5.91 Å². The van der Waals surface area contributed by atoms with Crippen LogP contribution < -0.4 is 10.6 Å². The number of aromatic nitrogens is 1. The van der Waals surface area contributed by atoms with E-state index < -0.39 is 11.5 Å². The molecule has 144 valence electrons. The number of amides is 1. The van der Waals surface area contributed by atoms with Gasteiger partial charge in [0.1, 0.15) is 0 Å². The second-order valence-corrected chi connectivity index (χ2v) is 7.06. The molecule has 1 aliphatic rings. The first kappa shape index (κ1) is 20.2. The smallest absolute Gasteiger partial charge is 0.230 e. The number of hydrogen-bond acceptors (Lipinski definition) is 4. The molecule has 0 aromatic carbocycles. The van der Waals surface area contributed by atoms with Crippen LogP contribution in [0.1, 0.15) is 44.3 Å². The first-order valence-corrected chi connectivity index (χ1v) is 9.30. The summed E-state index contributed by atoms with van der Waals surface area (Å²) in [5, 5.41) is 16.7. The molecule has 0 spiro atoms. The second kappa shape index (κ2) is 9.52. The molecule has 0 aliphatic heterocycles. The van der Waals surface area contributed by atoms with E-state index in [-0.39, 0.29) is 5.91 Å². The van der Waals surface area contributed by atoms with Crippen molar-refractivity contribution in [1.29, 1.82) is 0 Å². The van der Waals surface area contributed by atoms with Crippen LogP contribution >= 0.6 is 0 Å². The number of nitrogens with one attached hydrogen (secondary N) is 2. The summed E-state index contributed by atoms with van der Waals surface area (Å²) < 4.78 is 0. The second-order valence-electron chi connectivity index (χ2n) is 7.06. The van der Waals surface area contributed by atoms with Crippen molar-refractivity contribution in [3.05, 3.63) is 30.1 Å². The number of carbonyl (C=O) groups excluding carboxylic acids is 1. The third-order valence-corrected chi connectivity index (χ3v) is 4.86. The third kappa shape index (κ3) is 5.17. The van der Waals surface area contributed by atoms with Crippen molar-refractivity contribution in [2.45, 2.75) is 38.7 Å². The molecule has 0 radical (unpaired) electrons. The Morgan fingerprint density at radius 3 is 2.54 bits per heavy atom. The van der Waals surface area contributed by atoms with E-state index >= 15 is 0 Å². The standard InChI is InChI=1S/C19H31N5O2/c1-4-21-18(22-13-16(25)15-7-11-20-12-8-15)23-14-19(9-5-6-10-19)17(26)24(2)3/h7-8,11-12,16,25H,4-6,9-10,13-14H2,1-3H3,(H2,21,22,23). The van der Waals surface area contributed by atoms with Crippen LogP contribution in [0.3, 0.4) is 0 Å². The maximum Gasteiger partial charge on any atom is 0.230 e. The molecule has 1 saturated carbocycles. The summed E-state index contributed by atoms with van der Waals surface area (Å²) in [5.41, 5.74) is 0.411. The van der Waals surface area contributed by atoms with Crippen LogP contribution in [-0.4, -0.2) is 60.6 Å². The molecule has 3 N–H and O–H groups in total. The highest BCUT2D eigenvalue weighted by molar-refractivity contribution is 5.84. The topological polar surface area (TPSA) is 89.9 Å². The monoisotopic (exact) mass is 361 g/mol. The fraction of sp³-hybridized carbons (Fsp3) is 0.632. The van der Waals surface area contributed by atoms with Crippen molar-refractivity contribution in [1.82, 2.24) is 20.5 Å². The van der Waals surface area contributed by atoms with E-state index in [1.165, 1.54) is 0 Å². The Hall–Kier alpha value is -2.15. The summed E-state index contributed by atoms with van der Waals surface area (Å²) in [4.78, 5) is 23.0. The fourth-order valence-electron chi connectivity index (χ4n) is 3.43. The first-order chi connectivity index (χ1) is 12.5. The van der Waals surface area contributed by atoms with Crippen LogP contribution in [0.5, 0.6) is 0 Å². The molecule has 0 saturated heterocycles. The number of rotatable bonds is 7. The van der Waals surface area contributed by atoms with E-state index in [0.29, 0.717) is 25.6 Å². The lowest BCUT2D eigenvalue weighted by Crippen LogP contribution is -2.43. The third-order valence-electron chi connectivity index (χ3n) is 4.86. The Morgan fingerprint density at radius 1 is 1.31 bits per heavy atom. The van der Waals surface area contributed by atoms with Gasteiger partial charge in [0.25, 0.3) is 0 Å². The molecule has 1 amide bonds. The summed E-state index contributed by atoms with van der Waals surface area (Å²) in [6, 6.07) is 3.58. The number of aliphatic imine (C=N–C) groups is 1. The molecule has 1 aromatic rings. The predicted molar refractivity (Wildman–Crippen MR) is 103 cm³/mol. The minimum Gasteiger partial charge on any atom is -0.387 e. The van der Waals surface area contributed by atoms with Gasteiger partial charge in [-0.15, -0.1) is 0 Å². The van der Waals surface area contributed by atoms with Gasteiger partial charge in [-0.05, 0) is 37.5 Å². The van der Waals surface area contributed by atoms with Gasteiger partial charge in [-0.2, -0.15) is 0 Å². The van der Waals surface area contributed by atoms with Gasteiger partial charge in [-0.3, -0.25) is 14.8 Å². The van der Waals surface area contributed by atoms with E-state index in [0.717, 1.165) is 31.2 Å². The lowest BCUT2D eigenvalue weighted by molar-refractivity contribution is -0.138. The molecule has 1 aliphatic carbocycles. The lowest BCUT2D eigenvalue weighted by Gasteiger charge is -2.29. The number of carbonyl (C=O) groups is 1. The Bertz CT molecular complexity index is 597. The van der Waals surface area contributed by atoms with Gasteiger partial charge in [0.15, 0.2) is 5.96 Å². The predicted octanol–water partition coefficient (Wildman–Crippen LogP) is 1.32. The van der Waals surface area contributed by atoms with Gasteiger partial charge < -0.3 is 20.6 Å². The number of guanidine groups is 1. The average molecular weight is 361 g/mol. The molecule has 2 rings (SSSR count). The summed E-state index contributed by atoms with van der Waals surface area (Å²) in [6.07, 6.45) is 6.58. The molecule has 1 atom stereocenters. The van der Waals surface area contributed by atoms with Gasteiger partial charge in [-0.1, -0.05) is 12.8 Å².